The zero-order valence-corrected chi connectivity index (χ0v) is 18.8. The number of rotatable bonds is 4. The molecule has 5 rings (SSSR count). The van der Waals surface area contributed by atoms with Gasteiger partial charge in [0, 0.05) is 57.3 Å². The zero-order chi connectivity index (χ0) is 25.0. The molecule has 2 aromatic rings. The summed E-state index contributed by atoms with van der Waals surface area (Å²) in [5.41, 5.74) is 0.744. The van der Waals surface area contributed by atoms with Crippen molar-refractivity contribution >= 4 is 11.8 Å². The van der Waals surface area contributed by atoms with Crippen molar-refractivity contribution in [3.05, 3.63) is 59.7 Å². The molecular formula is C25H24F5N3O2. The van der Waals surface area contributed by atoms with E-state index >= 15 is 0 Å². The van der Waals surface area contributed by atoms with Gasteiger partial charge in [-0.2, -0.15) is 13.2 Å². The first-order valence-electron chi connectivity index (χ1n) is 11.5. The second-order valence-electron chi connectivity index (χ2n) is 9.40. The Kier molecular flexibility index (Phi) is 5.82. The third-order valence-electron chi connectivity index (χ3n) is 7.07. The molecule has 5 nitrogen and oxygen atoms in total. The summed E-state index contributed by atoms with van der Waals surface area (Å²) in [6, 6.07) is 11.7. The Balaban J connectivity index is 1.12. The van der Waals surface area contributed by atoms with Gasteiger partial charge < -0.3 is 9.80 Å². The predicted octanol–water partition coefficient (Wildman–Crippen LogP) is 4.00. The third kappa shape index (κ3) is 4.76. The fraction of sp³-hybridized carbons (Fsp3) is 0.440. The number of benzene rings is 2. The van der Waals surface area contributed by atoms with Crippen molar-refractivity contribution in [1.29, 1.82) is 0 Å². The van der Waals surface area contributed by atoms with E-state index in [1.807, 2.05) is 0 Å². The van der Waals surface area contributed by atoms with Crippen LogP contribution in [-0.4, -0.2) is 77.7 Å². The van der Waals surface area contributed by atoms with Crippen LogP contribution in [0.5, 0.6) is 0 Å². The van der Waals surface area contributed by atoms with Crippen molar-refractivity contribution < 1.29 is 31.5 Å². The van der Waals surface area contributed by atoms with E-state index in [1.165, 1.54) is 11.0 Å². The van der Waals surface area contributed by atoms with Crippen LogP contribution in [0.4, 0.5) is 22.0 Å². The van der Waals surface area contributed by atoms with E-state index in [9.17, 15) is 31.5 Å². The van der Waals surface area contributed by atoms with Crippen molar-refractivity contribution in [2.75, 3.05) is 39.3 Å². The molecule has 1 unspecified atom stereocenters. The number of hydrogen-bond donors (Lipinski definition) is 0. The van der Waals surface area contributed by atoms with Crippen LogP contribution in [0.15, 0.2) is 48.5 Å². The van der Waals surface area contributed by atoms with Crippen LogP contribution < -0.4 is 0 Å². The van der Waals surface area contributed by atoms with Crippen LogP contribution >= 0.6 is 0 Å². The van der Waals surface area contributed by atoms with Gasteiger partial charge in [0.1, 0.15) is 5.92 Å². The molecule has 2 saturated heterocycles. The number of likely N-dealkylation sites (tertiary alicyclic amines) is 1. The fourth-order valence-corrected chi connectivity index (χ4v) is 4.72. The van der Waals surface area contributed by atoms with Crippen LogP contribution in [0.1, 0.15) is 22.3 Å². The highest BCUT2D eigenvalue weighted by molar-refractivity contribution is 5.95. The lowest BCUT2D eigenvalue weighted by atomic mass is 10.00. The molecule has 35 heavy (non-hydrogen) atoms. The summed E-state index contributed by atoms with van der Waals surface area (Å²) in [6.07, 6.45) is -4.78. The van der Waals surface area contributed by atoms with Gasteiger partial charge in [-0.15, -0.1) is 0 Å². The lowest BCUT2D eigenvalue weighted by Gasteiger charge is -2.48. The molecule has 2 amide bonds. The summed E-state index contributed by atoms with van der Waals surface area (Å²) in [5.74, 6) is -4.63. The molecule has 0 bridgehead atoms. The van der Waals surface area contributed by atoms with Gasteiger partial charge in [-0.3, -0.25) is 14.5 Å². The van der Waals surface area contributed by atoms with Gasteiger partial charge in [-0.05, 0) is 35.4 Å². The molecule has 1 aliphatic carbocycles. The first-order valence-corrected chi connectivity index (χ1v) is 11.5. The zero-order valence-electron chi connectivity index (χ0n) is 18.8. The molecule has 0 radical (unpaired) electrons. The smallest absolute Gasteiger partial charge is 0.340 e. The minimum Gasteiger partial charge on any atom is -0.340 e. The van der Waals surface area contributed by atoms with Crippen molar-refractivity contribution in [2.45, 2.75) is 24.6 Å². The molecule has 3 aliphatic rings. The van der Waals surface area contributed by atoms with E-state index in [-0.39, 0.29) is 18.4 Å². The number of nitrogens with zero attached hydrogens (tertiary/aromatic N) is 3. The Hall–Kier alpha value is -3.01. The molecule has 2 aromatic carbocycles. The van der Waals surface area contributed by atoms with E-state index in [1.54, 1.807) is 35.2 Å². The highest BCUT2D eigenvalue weighted by Gasteiger charge is 2.62. The highest BCUT2D eigenvalue weighted by Crippen LogP contribution is 2.49. The largest absolute Gasteiger partial charge is 0.416 e. The number of piperazine rings is 1. The van der Waals surface area contributed by atoms with Crippen molar-refractivity contribution in [3.8, 4) is 11.1 Å². The Morgan fingerprint density at radius 2 is 1.49 bits per heavy atom. The van der Waals surface area contributed by atoms with Crippen LogP contribution in [0.3, 0.4) is 0 Å². The monoisotopic (exact) mass is 493 g/mol. The molecule has 0 N–H and O–H groups in total. The summed E-state index contributed by atoms with van der Waals surface area (Å²) < 4.78 is 65.2. The lowest BCUT2D eigenvalue weighted by Crippen LogP contribution is -2.64. The van der Waals surface area contributed by atoms with E-state index < -0.39 is 29.5 Å². The molecule has 1 saturated carbocycles. The minimum atomic E-state index is -4.42. The van der Waals surface area contributed by atoms with Gasteiger partial charge in [0.15, 0.2) is 0 Å². The van der Waals surface area contributed by atoms with Crippen LogP contribution in [0.25, 0.3) is 11.1 Å². The predicted molar refractivity (Wildman–Crippen MR) is 118 cm³/mol. The molecular weight excluding hydrogens is 469 g/mol. The van der Waals surface area contributed by atoms with Crippen molar-refractivity contribution in [3.63, 3.8) is 0 Å². The number of hydrogen-bond acceptors (Lipinski definition) is 3. The molecule has 2 aliphatic heterocycles. The molecule has 1 atom stereocenters. The number of amides is 2. The first kappa shape index (κ1) is 23.7. The van der Waals surface area contributed by atoms with Gasteiger partial charge in [0.25, 0.3) is 11.8 Å². The maximum Gasteiger partial charge on any atom is 0.416 e. The number of alkyl halides is 5. The first-order chi connectivity index (χ1) is 16.5. The van der Waals surface area contributed by atoms with Gasteiger partial charge in [0.2, 0.25) is 5.91 Å². The van der Waals surface area contributed by atoms with Crippen LogP contribution in [-0.2, 0) is 11.0 Å². The molecule has 186 valence electrons. The summed E-state index contributed by atoms with van der Waals surface area (Å²) in [6.45, 7) is 3.05. The molecule has 0 aromatic heterocycles. The van der Waals surface area contributed by atoms with Crippen molar-refractivity contribution in [2.24, 2.45) is 5.92 Å². The molecule has 2 heterocycles. The van der Waals surface area contributed by atoms with Crippen molar-refractivity contribution in [1.82, 2.24) is 14.7 Å². The van der Waals surface area contributed by atoms with Gasteiger partial charge in [-0.1, -0.05) is 24.3 Å². The summed E-state index contributed by atoms with van der Waals surface area (Å²) >= 11 is 0. The van der Waals surface area contributed by atoms with Gasteiger partial charge in [0.05, 0.1) is 5.56 Å². The van der Waals surface area contributed by atoms with E-state index in [0.717, 1.165) is 12.1 Å². The Morgan fingerprint density at radius 1 is 0.857 bits per heavy atom. The SMILES string of the molecule is O=C(c1ccc(-c2cccc(C(F)(F)F)c2)cc1)N1CC(N2CCN(C(=O)C3CC3(F)F)CC2)C1. The summed E-state index contributed by atoms with van der Waals surface area (Å²) in [7, 11) is 0. The Labute approximate surface area is 199 Å². The van der Waals surface area contributed by atoms with Crippen LogP contribution in [0, 0.1) is 5.92 Å². The van der Waals surface area contributed by atoms with E-state index in [2.05, 4.69) is 4.90 Å². The second kappa shape index (κ2) is 8.58. The molecule has 10 heteroatoms. The Bertz CT molecular complexity index is 1120. The van der Waals surface area contributed by atoms with Gasteiger partial charge in [-0.25, -0.2) is 8.78 Å². The topological polar surface area (TPSA) is 43.9 Å². The Morgan fingerprint density at radius 3 is 2.06 bits per heavy atom. The molecule has 0 spiro atoms. The highest BCUT2D eigenvalue weighted by atomic mass is 19.4. The minimum absolute atomic E-state index is 0.151. The summed E-state index contributed by atoms with van der Waals surface area (Å²) in [4.78, 5) is 30.3. The fourth-order valence-electron chi connectivity index (χ4n) is 4.72. The number of carbonyl (C=O) groups is 2. The standard InChI is InChI=1S/C25H24F5N3O2/c26-24(27)13-21(24)23(35)32-10-8-31(9-11-32)20-14-33(15-20)22(34)17-6-4-16(5-7-17)18-2-1-3-19(12-18)25(28,29)30/h1-7,12,20-21H,8-11,13-15H2. The third-order valence-corrected chi connectivity index (χ3v) is 7.07. The van der Waals surface area contributed by atoms with Gasteiger partial charge >= 0.3 is 6.18 Å². The normalized spacial score (nSPS) is 22.6. The van der Waals surface area contributed by atoms with E-state index in [0.29, 0.717) is 56.0 Å². The maximum absolute atomic E-state index is 13.2. The van der Waals surface area contributed by atoms with E-state index in [4.69, 9.17) is 0 Å². The summed E-state index contributed by atoms with van der Waals surface area (Å²) in [5, 5.41) is 0. The quantitative estimate of drug-likeness (QED) is 0.605. The number of halogens is 5. The molecule has 3 fully saturated rings. The average Bonchev–Trinajstić information content (AvgIpc) is 3.45. The van der Waals surface area contributed by atoms with Crippen LogP contribution in [0.2, 0.25) is 0 Å². The average molecular weight is 493 g/mol. The maximum atomic E-state index is 13.2. The lowest BCUT2D eigenvalue weighted by molar-refractivity contribution is -0.138. The number of carbonyl (C=O) groups excluding carboxylic acids is 2. The second-order valence-corrected chi connectivity index (χ2v) is 9.40.